The number of nitrogens with zero attached hydrogens (tertiary/aromatic N) is 3. The standard InChI is InChI=1S/C27H24N4O2/c32-25-15-8-16-31(25)23-14-7-13-22(17-23)28-27(33)24-19-30(18-20-9-3-1-4-10-20)29-26(24)21-11-5-2-6-12-21/h1-7,9-14,17,19H,8,15-16,18H2,(H,28,33). The van der Waals surface area contributed by atoms with Crippen molar-refractivity contribution in [2.75, 3.05) is 16.8 Å². The molecule has 0 aliphatic carbocycles. The molecule has 1 saturated heterocycles. The fourth-order valence-electron chi connectivity index (χ4n) is 4.12. The molecule has 1 aliphatic rings. The summed E-state index contributed by atoms with van der Waals surface area (Å²) in [7, 11) is 0. The minimum Gasteiger partial charge on any atom is -0.322 e. The Bertz CT molecular complexity index is 1280. The van der Waals surface area contributed by atoms with Crippen LogP contribution in [0.2, 0.25) is 0 Å². The van der Waals surface area contributed by atoms with Gasteiger partial charge < -0.3 is 10.2 Å². The van der Waals surface area contributed by atoms with Crippen LogP contribution in [-0.4, -0.2) is 28.1 Å². The Labute approximate surface area is 192 Å². The van der Waals surface area contributed by atoms with E-state index in [4.69, 9.17) is 5.10 Å². The van der Waals surface area contributed by atoms with Gasteiger partial charge in [-0.2, -0.15) is 5.10 Å². The average molecular weight is 437 g/mol. The van der Waals surface area contributed by atoms with Crippen LogP contribution in [-0.2, 0) is 11.3 Å². The molecular weight excluding hydrogens is 412 g/mol. The highest BCUT2D eigenvalue weighted by molar-refractivity contribution is 6.08. The maximum Gasteiger partial charge on any atom is 0.259 e. The summed E-state index contributed by atoms with van der Waals surface area (Å²) in [5.41, 5.74) is 4.57. The van der Waals surface area contributed by atoms with Crippen LogP contribution in [0.15, 0.2) is 91.1 Å². The molecule has 4 aromatic rings. The first-order chi connectivity index (χ1) is 16.2. The predicted molar refractivity (Wildman–Crippen MR) is 129 cm³/mol. The molecule has 0 saturated carbocycles. The predicted octanol–water partition coefficient (Wildman–Crippen LogP) is 4.98. The number of benzene rings is 3. The van der Waals surface area contributed by atoms with Gasteiger partial charge in [0.15, 0.2) is 0 Å². The minimum atomic E-state index is -0.238. The van der Waals surface area contributed by atoms with Crippen LogP contribution in [0.5, 0.6) is 0 Å². The number of carbonyl (C=O) groups excluding carboxylic acids is 2. The fourth-order valence-corrected chi connectivity index (χ4v) is 4.12. The molecular formula is C27H24N4O2. The monoisotopic (exact) mass is 436 g/mol. The van der Waals surface area contributed by atoms with Gasteiger partial charge in [0, 0.05) is 36.1 Å². The van der Waals surface area contributed by atoms with Crippen molar-refractivity contribution >= 4 is 23.2 Å². The highest BCUT2D eigenvalue weighted by atomic mass is 16.2. The van der Waals surface area contributed by atoms with E-state index in [1.54, 1.807) is 15.8 Å². The summed E-state index contributed by atoms with van der Waals surface area (Å²) in [5.74, 6) is -0.120. The van der Waals surface area contributed by atoms with Gasteiger partial charge in [-0.25, -0.2) is 0 Å². The number of amides is 2. The lowest BCUT2D eigenvalue weighted by molar-refractivity contribution is -0.117. The number of hydrogen-bond acceptors (Lipinski definition) is 3. The zero-order valence-corrected chi connectivity index (χ0v) is 18.1. The zero-order chi connectivity index (χ0) is 22.6. The van der Waals surface area contributed by atoms with E-state index in [0.29, 0.717) is 36.5 Å². The van der Waals surface area contributed by atoms with Gasteiger partial charge in [-0.1, -0.05) is 66.7 Å². The lowest BCUT2D eigenvalue weighted by atomic mass is 10.1. The summed E-state index contributed by atoms with van der Waals surface area (Å²) >= 11 is 0. The Morgan fingerprint density at radius 2 is 1.70 bits per heavy atom. The number of rotatable bonds is 6. The molecule has 0 radical (unpaired) electrons. The van der Waals surface area contributed by atoms with E-state index >= 15 is 0 Å². The average Bonchev–Trinajstić information content (AvgIpc) is 3.47. The third-order valence-corrected chi connectivity index (χ3v) is 5.73. The van der Waals surface area contributed by atoms with Crippen LogP contribution >= 0.6 is 0 Å². The number of nitrogens with one attached hydrogen (secondary N) is 1. The summed E-state index contributed by atoms with van der Waals surface area (Å²) < 4.78 is 1.80. The van der Waals surface area contributed by atoms with Gasteiger partial charge >= 0.3 is 0 Å². The van der Waals surface area contributed by atoms with Crippen LogP contribution in [0.1, 0.15) is 28.8 Å². The number of anilines is 2. The molecule has 0 bridgehead atoms. The smallest absolute Gasteiger partial charge is 0.259 e. The van der Waals surface area contributed by atoms with E-state index in [2.05, 4.69) is 5.32 Å². The summed E-state index contributed by atoms with van der Waals surface area (Å²) in [5, 5.41) is 7.73. The van der Waals surface area contributed by atoms with E-state index in [-0.39, 0.29) is 11.8 Å². The van der Waals surface area contributed by atoms with E-state index in [1.165, 1.54) is 0 Å². The zero-order valence-electron chi connectivity index (χ0n) is 18.1. The Hall–Kier alpha value is -4.19. The Morgan fingerprint density at radius 3 is 2.42 bits per heavy atom. The summed E-state index contributed by atoms with van der Waals surface area (Å²) in [6.07, 6.45) is 3.21. The van der Waals surface area contributed by atoms with Crippen molar-refractivity contribution in [2.24, 2.45) is 0 Å². The Morgan fingerprint density at radius 1 is 0.939 bits per heavy atom. The van der Waals surface area contributed by atoms with Crippen molar-refractivity contribution in [3.8, 4) is 11.3 Å². The summed E-state index contributed by atoms with van der Waals surface area (Å²) in [6.45, 7) is 1.28. The molecule has 6 heteroatoms. The highest BCUT2D eigenvalue weighted by Gasteiger charge is 2.22. The van der Waals surface area contributed by atoms with Gasteiger partial charge in [0.1, 0.15) is 5.69 Å². The van der Waals surface area contributed by atoms with Crippen LogP contribution in [0, 0.1) is 0 Å². The van der Waals surface area contributed by atoms with Gasteiger partial charge in [-0.3, -0.25) is 14.3 Å². The molecule has 6 nitrogen and oxygen atoms in total. The molecule has 1 aromatic heterocycles. The molecule has 33 heavy (non-hydrogen) atoms. The topological polar surface area (TPSA) is 67.2 Å². The second-order valence-electron chi connectivity index (χ2n) is 8.09. The first kappa shape index (κ1) is 20.7. The van der Waals surface area contributed by atoms with E-state index < -0.39 is 0 Å². The van der Waals surface area contributed by atoms with Crippen LogP contribution < -0.4 is 10.2 Å². The van der Waals surface area contributed by atoms with Gasteiger partial charge in [0.25, 0.3) is 5.91 Å². The molecule has 2 amide bonds. The molecule has 3 aromatic carbocycles. The number of hydrogen-bond donors (Lipinski definition) is 1. The van der Waals surface area contributed by atoms with E-state index in [1.807, 2.05) is 84.9 Å². The van der Waals surface area contributed by atoms with Crippen molar-refractivity contribution in [3.63, 3.8) is 0 Å². The largest absolute Gasteiger partial charge is 0.322 e. The summed E-state index contributed by atoms with van der Waals surface area (Å²) in [4.78, 5) is 27.2. The maximum atomic E-state index is 13.3. The normalized spacial score (nSPS) is 13.3. The van der Waals surface area contributed by atoms with Crippen LogP contribution in [0.25, 0.3) is 11.3 Å². The molecule has 0 atom stereocenters. The van der Waals surface area contributed by atoms with Crippen LogP contribution in [0.4, 0.5) is 11.4 Å². The lowest BCUT2D eigenvalue weighted by Gasteiger charge is -2.16. The van der Waals surface area contributed by atoms with Crippen molar-refractivity contribution < 1.29 is 9.59 Å². The molecule has 5 rings (SSSR count). The molecule has 1 N–H and O–H groups in total. The van der Waals surface area contributed by atoms with Gasteiger partial charge in [0.05, 0.1) is 12.1 Å². The SMILES string of the molecule is O=C(Nc1cccc(N2CCCC2=O)c1)c1cn(Cc2ccccc2)nc1-c1ccccc1. The molecule has 164 valence electrons. The molecule has 2 heterocycles. The van der Waals surface area contributed by atoms with Crippen molar-refractivity contribution in [2.45, 2.75) is 19.4 Å². The first-order valence-corrected chi connectivity index (χ1v) is 11.1. The van der Waals surface area contributed by atoms with Gasteiger partial charge in [-0.15, -0.1) is 0 Å². The van der Waals surface area contributed by atoms with E-state index in [9.17, 15) is 9.59 Å². The quantitative estimate of drug-likeness (QED) is 0.464. The molecule has 1 fully saturated rings. The number of aromatic nitrogens is 2. The van der Waals surface area contributed by atoms with Crippen molar-refractivity contribution in [3.05, 3.63) is 102 Å². The Kier molecular flexibility index (Phi) is 5.72. The molecule has 1 aliphatic heterocycles. The number of carbonyl (C=O) groups is 2. The second-order valence-corrected chi connectivity index (χ2v) is 8.09. The third-order valence-electron chi connectivity index (χ3n) is 5.73. The summed E-state index contributed by atoms with van der Waals surface area (Å²) in [6, 6.07) is 27.2. The van der Waals surface area contributed by atoms with E-state index in [0.717, 1.165) is 23.2 Å². The lowest BCUT2D eigenvalue weighted by Crippen LogP contribution is -2.23. The van der Waals surface area contributed by atoms with Gasteiger partial charge in [0.2, 0.25) is 5.91 Å². The molecule has 0 unspecified atom stereocenters. The highest BCUT2D eigenvalue weighted by Crippen LogP contribution is 2.26. The van der Waals surface area contributed by atoms with Crippen LogP contribution in [0.3, 0.4) is 0 Å². The third kappa shape index (κ3) is 4.55. The second kappa shape index (κ2) is 9.12. The molecule has 0 spiro atoms. The first-order valence-electron chi connectivity index (χ1n) is 11.1. The maximum absolute atomic E-state index is 13.3. The minimum absolute atomic E-state index is 0.118. The van der Waals surface area contributed by atoms with Crippen molar-refractivity contribution in [1.29, 1.82) is 0 Å². The fraction of sp³-hybridized carbons (Fsp3) is 0.148. The van der Waals surface area contributed by atoms with Crippen molar-refractivity contribution in [1.82, 2.24) is 9.78 Å². The Balaban J connectivity index is 1.44. The van der Waals surface area contributed by atoms with Gasteiger partial charge in [-0.05, 0) is 30.2 Å².